The first-order valence-electron chi connectivity index (χ1n) is 16.6. The highest BCUT2D eigenvalue weighted by Gasteiger charge is 2.08. The molecule has 268 valence electrons. The molecule has 0 aliphatic heterocycles. The molecule has 4 aromatic carbocycles. The van der Waals surface area contributed by atoms with E-state index in [1.807, 2.05) is 146 Å². The second kappa shape index (κ2) is 19.3. The van der Waals surface area contributed by atoms with Gasteiger partial charge in [0, 0.05) is 22.3 Å². The molecular weight excluding hydrogens is 696 g/mol. The Morgan fingerprint density at radius 2 is 0.852 bits per heavy atom. The summed E-state index contributed by atoms with van der Waals surface area (Å²) in [4.78, 5) is 0. The number of nitrogens with two attached hydrogens (primary N) is 4. The highest BCUT2D eigenvalue weighted by Crippen LogP contribution is 2.27. The lowest BCUT2D eigenvalue weighted by molar-refractivity contribution is 1.03. The lowest BCUT2D eigenvalue weighted by atomic mass is 10.0. The van der Waals surface area contributed by atoms with Crippen molar-refractivity contribution in [2.75, 3.05) is 22.9 Å². The fourth-order valence-corrected chi connectivity index (χ4v) is 4.92. The lowest BCUT2D eigenvalue weighted by Crippen LogP contribution is -1.98. The Bertz CT molecular complexity index is 2290. The topological polar surface area (TPSA) is 207 Å². The first-order chi connectivity index (χ1) is 26.3. The second-order valence-electron chi connectivity index (χ2n) is 11.4. The predicted molar refractivity (Wildman–Crippen MR) is 217 cm³/mol. The predicted octanol–water partition coefficient (Wildman–Crippen LogP) is 7.87. The molecule has 0 spiro atoms. The number of anilines is 4. The smallest absolute Gasteiger partial charge is 0.154 e. The standard InChI is InChI=1S/C16H13N3.C11H11N3.C10H9N3.C4H4ClN3/c17-16-14(12-7-3-1-4-8-12)11-15(18-19-16)13-9-5-2-6-10-13;1-8-7-10(12)13-14-11(8)9-5-3-2-4-6-9;11-10-7-6-9(12-13-10)8-4-2-1-3-5-8;5-3-1-2-4(6)8-7-3/h1-11H,(H2,17,19);2-7H,1H3,(H2,12,13);1-7H,(H2,11,13);1-2H,(H2,6,8). The van der Waals surface area contributed by atoms with Crippen LogP contribution in [0, 0.1) is 6.92 Å². The molecule has 0 aliphatic rings. The molecule has 0 unspecified atom stereocenters. The van der Waals surface area contributed by atoms with Crippen molar-refractivity contribution in [3.05, 3.63) is 168 Å². The van der Waals surface area contributed by atoms with E-state index in [2.05, 4.69) is 40.8 Å². The van der Waals surface area contributed by atoms with Crippen molar-refractivity contribution in [3.63, 3.8) is 0 Å². The Labute approximate surface area is 318 Å². The van der Waals surface area contributed by atoms with Crippen LogP contribution < -0.4 is 22.9 Å². The summed E-state index contributed by atoms with van der Waals surface area (Å²) in [5.74, 6) is 1.74. The number of aromatic nitrogens is 8. The highest BCUT2D eigenvalue weighted by molar-refractivity contribution is 6.29. The molecule has 0 bridgehead atoms. The zero-order valence-electron chi connectivity index (χ0n) is 29.3. The van der Waals surface area contributed by atoms with Gasteiger partial charge in [0.05, 0.1) is 17.1 Å². The van der Waals surface area contributed by atoms with Gasteiger partial charge in [0.2, 0.25) is 0 Å². The third-order valence-corrected chi connectivity index (χ3v) is 7.64. The molecule has 12 nitrogen and oxygen atoms in total. The largest absolute Gasteiger partial charge is 0.382 e. The maximum atomic E-state index is 5.93. The first kappa shape index (κ1) is 37.9. The number of benzene rings is 4. The van der Waals surface area contributed by atoms with Crippen LogP contribution in [0.25, 0.3) is 44.9 Å². The van der Waals surface area contributed by atoms with E-state index in [0.29, 0.717) is 28.4 Å². The minimum atomic E-state index is 0.360. The number of nitrogens with zero attached hydrogens (tertiary/aromatic N) is 8. The Kier molecular flexibility index (Phi) is 13.6. The molecule has 8 aromatic rings. The average molecular weight is 733 g/mol. The zero-order valence-corrected chi connectivity index (χ0v) is 30.0. The van der Waals surface area contributed by atoms with E-state index in [9.17, 15) is 0 Å². The van der Waals surface area contributed by atoms with E-state index in [4.69, 9.17) is 34.5 Å². The van der Waals surface area contributed by atoms with E-state index < -0.39 is 0 Å². The number of rotatable bonds is 4. The summed E-state index contributed by atoms with van der Waals surface area (Å²) in [6, 6.07) is 50.3. The maximum absolute atomic E-state index is 5.93. The Balaban J connectivity index is 0.000000144. The third-order valence-electron chi connectivity index (χ3n) is 7.43. The molecule has 0 radical (unpaired) electrons. The van der Waals surface area contributed by atoms with E-state index >= 15 is 0 Å². The molecule has 0 aliphatic carbocycles. The molecular formula is C41H37ClN12. The van der Waals surface area contributed by atoms with Crippen LogP contribution in [-0.4, -0.2) is 40.8 Å². The quantitative estimate of drug-likeness (QED) is 0.136. The monoisotopic (exact) mass is 732 g/mol. The van der Waals surface area contributed by atoms with Crippen LogP contribution >= 0.6 is 11.6 Å². The van der Waals surface area contributed by atoms with Gasteiger partial charge in [-0.25, -0.2) is 0 Å². The van der Waals surface area contributed by atoms with Crippen molar-refractivity contribution in [2.24, 2.45) is 0 Å². The van der Waals surface area contributed by atoms with E-state index in [1.54, 1.807) is 18.2 Å². The van der Waals surface area contributed by atoms with Gasteiger partial charge in [-0.05, 0) is 54.4 Å². The first-order valence-corrected chi connectivity index (χ1v) is 16.9. The lowest BCUT2D eigenvalue weighted by Gasteiger charge is -2.07. The van der Waals surface area contributed by atoms with Crippen molar-refractivity contribution < 1.29 is 0 Å². The fraction of sp³-hybridized carbons (Fsp3) is 0.0244. The summed E-state index contributed by atoms with van der Waals surface area (Å²) in [6.45, 7) is 1.98. The highest BCUT2D eigenvalue weighted by atomic mass is 35.5. The average Bonchev–Trinajstić information content (AvgIpc) is 3.22. The minimum absolute atomic E-state index is 0.360. The molecule has 4 heterocycles. The summed E-state index contributed by atoms with van der Waals surface area (Å²) < 4.78 is 0. The van der Waals surface area contributed by atoms with Gasteiger partial charge in [-0.15, -0.1) is 40.8 Å². The summed E-state index contributed by atoms with van der Waals surface area (Å²) in [5, 5.41) is 31.2. The van der Waals surface area contributed by atoms with Gasteiger partial charge in [-0.1, -0.05) is 133 Å². The molecule has 8 rings (SSSR count). The van der Waals surface area contributed by atoms with Crippen LogP contribution in [-0.2, 0) is 0 Å². The fourth-order valence-electron chi connectivity index (χ4n) is 4.82. The van der Waals surface area contributed by atoms with Crippen LogP contribution in [0.1, 0.15) is 5.56 Å². The van der Waals surface area contributed by atoms with E-state index in [0.717, 1.165) is 50.5 Å². The molecule has 0 saturated carbocycles. The van der Waals surface area contributed by atoms with Crippen molar-refractivity contribution >= 4 is 34.9 Å². The van der Waals surface area contributed by atoms with Gasteiger partial charge >= 0.3 is 0 Å². The Hall–Kier alpha value is -7.31. The maximum Gasteiger partial charge on any atom is 0.154 e. The summed E-state index contributed by atoms with van der Waals surface area (Å²) in [6.07, 6.45) is 0. The molecule has 0 amide bonds. The van der Waals surface area contributed by atoms with Crippen LogP contribution in [0.2, 0.25) is 5.15 Å². The molecule has 0 fully saturated rings. The van der Waals surface area contributed by atoms with Gasteiger partial charge in [0.1, 0.15) is 17.5 Å². The SMILES string of the molecule is Cc1cc(N)nnc1-c1ccccc1.Nc1ccc(-c2ccccc2)nn1.Nc1ccc(Cl)nn1.Nc1nnc(-c2ccccc2)cc1-c1ccccc1. The van der Waals surface area contributed by atoms with Gasteiger partial charge in [-0.2, -0.15) is 0 Å². The van der Waals surface area contributed by atoms with Crippen molar-refractivity contribution in [2.45, 2.75) is 6.92 Å². The number of nitrogen functional groups attached to an aromatic ring is 4. The van der Waals surface area contributed by atoms with Crippen LogP contribution in [0.4, 0.5) is 23.3 Å². The summed E-state index contributed by atoms with van der Waals surface area (Å²) >= 11 is 5.38. The van der Waals surface area contributed by atoms with Gasteiger partial charge in [-0.3, -0.25) is 0 Å². The van der Waals surface area contributed by atoms with Crippen molar-refractivity contribution in [1.82, 2.24) is 40.8 Å². The van der Waals surface area contributed by atoms with Gasteiger partial charge in [0.25, 0.3) is 0 Å². The number of aryl methyl sites for hydroxylation is 1. The second-order valence-corrected chi connectivity index (χ2v) is 11.8. The summed E-state index contributed by atoms with van der Waals surface area (Å²) in [7, 11) is 0. The summed E-state index contributed by atoms with van der Waals surface area (Å²) in [5.41, 5.74) is 30.8. The molecule has 54 heavy (non-hydrogen) atoms. The third kappa shape index (κ3) is 11.4. The Morgan fingerprint density at radius 1 is 0.389 bits per heavy atom. The molecule has 4 aromatic heterocycles. The van der Waals surface area contributed by atoms with Crippen molar-refractivity contribution in [1.29, 1.82) is 0 Å². The molecule has 0 atom stereocenters. The van der Waals surface area contributed by atoms with Crippen LogP contribution in [0.5, 0.6) is 0 Å². The number of hydrogen-bond donors (Lipinski definition) is 4. The molecule has 13 heteroatoms. The number of halogens is 1. The van der Waals surface area contributed by atoms with Gasteiger partial charge < -0.3 is 22.9 Å². The molecule has 0 saturated heterocycles. The minimum Gasteiger partial charge on any atom is -0.382 e. The molecule has 8 N–H and O–H groups in total. The van der Waals surface area contributed by atoms with Gasteiger partial charge in [0.15, 0.2) is 11.0 Å². The van der Waals surface area contributed by atoms with Crippen LogP contribution in [0.15, 0.2) is 158 Å². The van der Waals surface area contributed by atoms with Crippen LogP contribution in [0.3, 0.4) is 0 Å². The van der Waals surface area contributed by atoms with Crippen molar-refractivity contribution in [3.8, 4) is 44.9 Å². The number of hydrogen-bond acceptors (Lipinski definition) is 12. The van der Waals surface area contributed by atoms with E-state index in [-0.39, 0.29) is 0 Å². The zero-order chi connectivity index (χ0) is 38.1. The Morgan fingerprint density at radius 3 is 1.33 bits per heavy atom. The van der Waals surface area contributed by atoms with E-state index in [1.165, 1.54) is 0 Å². The normalized spacial score (nSPS) is 9.96.